The van der Waals surface area contributed by atoms with Crippen LogP contribution in [-0.2, 0) is 20.1 Å². The predicted octanol–water partition coefficient (Wildman–Crippen LogP) is 0.798. The van der Waals surface area contributed by atoms with Crippen LogP contribution in [0.4, 0.5) is 0 Å². The number of fused-ring (bicyclic) bond motifs is 1. The van der Waals surface area contributed by atoms with E-state index in [2.05, 4.69) is 20.6 Å². The van der Waals surface area contributed by atoms with E-state index in [0.29, 0.717) is 29.2 Å². The van der Waals surface area contributed by atoms with E-state index < -0.39 is 0 Å². The first-order valence-electron chi connectivity index (χ1n) is 7.96. The summed E-state index contributed by atoms with van der Waals surface area (Å²) in [6.07, 6.45) is 4.11. The van der Waals surface area contributed by atoms with Crippen molar-refractivity contribution in [1.29, 1.82) is 0 Å². The molecule has 2 heterocycles. The Morgan fingerprint density at radius 1 is 1.42 bits per heavy atom. The molecule has 0 unspecified atom stereocenters. The molecule has 0 saturated heterocycles. The maximum atomic E-state index is 12.3. The van der Waals surface area contributed by atoms with Gasteiger partial charge in [-0.05, 0) is 37.0 Å². The van der Waals surface area contributed by atoms with Crippen LogP contribution >= 0.6 is 0 Å². The van der Waals surface area contributed by atoms with Crippen molar-refractivity contribution in [2.75, 3.05) is 0 Å². The van der Waals surface area contributed by atoms with Crippen LogP contribution in [0.1, 0.15) is 28.9 Å². The smallest absolute Gasteiger partial charge is 0.326 e. The number of hydrogen-bond donors (Lipinski definition) is 2. The number of nitrogens with one attached hydrogen (secondary N) is 2. The number of aryl methyl sites for hydroxylation is 1. The number of H-pyrrole nitrogens is 1. The summed E-state index contributed by atoms with van der Waals surface area (Å²) < 4.78 is 3.34. The van der Waals surface area contributed by atoms with Gasteiger partial charge in [0, 0.05) is 25.4 Å². The molecule has 8 nitrogen and oxygen atoms in total. The van der Waals surface area contributed by atoms with E-state index in [1.165, 1.54) is 12.8 Å². The SMILES string of the molecule is Cn1cc(CNC(=O)c2ccc3c(c2)[nH]c(=O)n3CC2CC2)nn1. The van der Waals surface area contributed by atoms with Crippen molar-refractivity contribution in [3.63, 3.8) is 0 Å². The lowest BCUT2D eigenvalue weighted by atomic mass is 10.2. The van der Waals surface area contributed by atoms with Gasteiger partial charge in [-0.2, -0.15) is 0 Å². The molecule has 0 bridgehead atoms. The molecule has 1 amide bonds. The van der Waals surface area contributed by atoms with Gasteiger partial charge < -0.3 is 10.3 Å². The number of carbonyl (C=O) groups excluding carboxylic acids is 1. The van der Waals surface area contributed by atoms with Gasteiger partial charge in [0.25, 0.3) is 5.91 Å². The van der Waals surface area contributed by atoms with Crippen molar-refractivity contribution in [2.24, 2.45) is 13.0 Å². The highest BCUT2D eigenvalue weighted by Crippen LogP contribution is 2.31. The van der Waals surface area contributed by atoms with Crippen molar-refractivity contribution in [3.8, 4) is 0 Å². The Hall–Kier alpha value is -2.90. The number of hydrogen-bond acceptors (Lipinski definition) is 4. The van der Waals surface area contributed by atoms with Crippen LogP contribution in [0.15, 0.2) is 29.2 Å². The van der Waals surface area contributed by atoms with E-state index in [1.54, 1.807) is 34.6 Å². The molecule has 0 atom stereocenters. The van der Waals surface area contributed by atoms with Crippen molar-refractivity contribution >= 4 is 16.9 Å². The van der Waals surface area contributed by atoms with E-state index in [-0.39, 0.29) is 11.6 Å². The average Bonchev–Trinajstić information content (AvgIpc) is 3.21. The Morgan fingerprint density at radius 2 is 2.25 bits per heavy atom. The predicted molar refractivity (Wildman–Crippen MR) is 87.5 cm³/mol. The lowest BCUT2D eigenvalue weighted by Gasteiger charge is -2.04. The zero-order valence-corrected chi connectivity index (χ0v) is 13.3. The molecule has 1 aliphatic rings. The maximum Gasteiger partial charge on any atom is 0.326 e. The molecule has 24 heavy (non-hydrogen) atoms. The third-order valence-electron chi connectivity index (χ3n) is 4.25. The summed E-state index contributed by atoms with van der Waals surface area (Å²) in [6, 6.07) is 5.28. The zero-order chi connectivity index (χ0) is 16.7. The third kappa shape index (κ3) is 2.82. The van der Waals surface area contributed by atoms with Gasteiger partial charge >= 0.3 is 5.69 Å². The summed E-state index contributed by atoms with van der Waals surface area (Å²) in [4.78, 5) is 27.2. The highest BCUT2D eigenvalue weighted by atomic mass is 16.2. The first kappa shape index (κ1) is 14.7. The minimum atomic E-state index is -0.210. The van der Waals surface area contributed by atoms with Gasteiger partial charge in [-0.3, -0.25) is 14.0 Å². The molecule has 2 aromatic heterocycles. The van der Waals surface area contributed by atoms with Crippen LogP contribution in [0.2, 0.25) is 0 Å². The second-order valence-corrected chi connectivity index (χ2v) is 6.28. The highest BCUT2D eigenvalue weighted by molar-refractivity contribution is 5.97. The summed E-state index contributed by atoms with van der Waals surface area (Å²) in [7, 11) is 1.77. The first-order chi connectivity index (χ1) is 11.6. The Kier molecular flexibility index (Phi) is 3.44. The van der Waals surface area contributed by atoms with Gasteiger partial charge in [0.15, 0.2) is 0 Å². The van der Waals surface area contributed by atoms with Crippen molar-refractivity contribution < 1.29 is 4.79 Å². The Balaban J connectivity index is 1.53. The molecule has 2 N–H and O–H groups in total. The van der Waals surface area contributed by atoms with Crippen LogP contribution in [-0.4, -0.2) is 30.5 Å². The molecule has 8 heteroatoms. The van der Waals surface area contributed by atoms with Crippen LogP contribution < -0.4 is 11.0 Å². The van der Waals surface area contributed by atoms with Crippen molar-refractivity contribution in [3.05, 3.63) is 46.1 Å². The Bertz CT molecular complexity index is 963. The molecule has 1 fully saturated rings. The van der Waals surface area contributed by atoms with E-state index >= 15 is 0 Å². The molecule has 1 saturated carbocycles. The topological polar surface area (TPSA) is 97.6 Å². The number of rotatable bonds is 5. The molecule has 1 aliphatic carbocycles. The molecule has 0 aliphatic heterocycles. The molecule has 0 radical (unpaired) electrons. The number of benzene rings is 1. The minimum Gasteiger partial charge on any atom is -0.346 e. The number of nitrogens with zero attached hydrogens (tertiary/aromatic N) is 4. The fourth-order valence-electron chi connectivity index (χ4n) is 2.79. The van der Waals surface area contributed by atoms with Gasteiger partial charge in [-0.15, -0.1) is 5.10 Å². The fraction of sp³-hybridized carbons (Fsp3) is 0.375. The Labute approximate surface area is 137 Å². The highest BCUT2D eigenvalue weighted by Gasteiger charge is 2.23. The van der Waals surface area contributed by atoms with E-state index in [4.69, 9.17) is 0 Å². The van der Waals surface area contributed by atoms with Gasteiger partial charge in [0.2, 0.25) is 0 Å². The standard InChI is InChI=1S/C16H18N6O2/c1-21-9-12(19-20-21)7-17-15(23)11-4-5-14-13(6-11)18-16(24)22(14)8-10-2-3-10/h4-6,9-10H,2-3,7-8H2,1H3,(H,17,23)(H,18,24). The second-order valence-electron chi connectivity index (χ2n) is 6.28. The normalized spacial score (nSPS) is 14.2. The van der Waals surface area contributed by atoms with Gasteiger partial charge in [-0.25, -0.2) is 4.79 Å². The Morgan fingerprint density at radius 3 is 2.96 bits per heavy atom. The van der Waals surface area contributed by atoms with Gasteiger partial charge in [0.1, 0.15) is 5.69 Å². The number of carbonyl (C=O) groups is 1. The van der Waals surface area contributed by atoms with Crippen LogP contribution in [0.3, 0.4) is 0 Å². The van der Waals surface area contributed by atoms with E-state index in [9.17, 15) is 9.59 Å². The van der Waals surface area contributed by atoms with Crippen LogP contribution in [0.25, 0.3) is 11.0 Å². The molecular formula is C16H18N6O2. The molecule has 4 rings (SSSR count). The minimum absolute atomic E-state index is 0.117. The largest absolute Gasteiger partial charge is 0.346 e. The number of amides is 1. The average molecular weight is 326 g/mol. The van der Waals surface area contributed by atoms with E-state index in [0.717, 1.165) is 12.1 Å². The summed E-state index contributed by atoms with van der Waals surface area (Å²) >= 11 is 0. The lowest BCUT2D eigenvalue weighted by Crippen LogP contribution is -2.22. The number of aromatic nitrogens is 5. The number of imidazole rings is 1. The molecule has 1 aromatic carbocycles. The first-order valence-corrected chi connectivity index (χ1v) is 7.96. The van der Waals surface area contributed by atoms with Gasteiger partial charge in [0.05, 0.1) is 17.6 Å². The zero-order valence-electron chi connectivity index (χ0n) is 13.3. The number of aromatic amines is 1. The summed E-state index contributed by atoms with van der Waals surface area (Å²) in [5, 5.41) is 10.6. The quantitative estimate of drug-likeness (QED) is 0.724. The summed E-state index contributed by atoms with van der Waals surface area (Å²) in [5.74, 6) is 0.398. The molecular weight excluding hydrogens is 308 g/mol. The van der Waals surface area contributed by atoms with Crippen molar-refractivity contribution in [1.82, 2.24) is 29.9 Å². The molecule has 124 valence electrons. The second kappa shape index (κ2) is 5.63. The lowest BCUT2D eigenvalue weighted by molar-refractivity contribution is 0.0950. The van der Waals surface area contributed by atoms with Crippen molar-refractivity contribution in [2.45, 2.75) is 25.9 Å². The summed E-state index contributed by atoms with van der Waals surface area (Å²) in [5.41, 5.74) is 2.61. The summed E-state index contributed by atoms with van der Waals surface area (Å²) in [6.45, 7) is 1.06. The van der Waals surface area contributed by atoms with Crippen LogP contribution in [0.5, 0.6) is 0 Å². The molecule has 3 aromatic rings. The fourth-order valence-corrected chi connectivity index (χ4v) is 2.79. The third-order valence-corrected chi connectivity index (χ3v) is 4.25. The van der Waals surface area contributed by atoms with Gasteiger partial charge in [-0.1, -0.05) is 5.21 Å². The monoisotopic (exact) mass is 326 g/mol. The maximum absolute atomic E-state index is 12.3. The molecule has 0 spiro atoms. The van der Waals surface area contributed by atoms with E-state index in [1.807, 2.05) is 6.07 Å². The van der Waals surface area contributed by atoms with Crippen LogP contribution in [0, 0.1) is 5.92 Å².